The van der Waals surface area contributed by atoms with E-state index in [9.17, 15) is 24.9 Å². The van der Waals surface area contributed by atoms with Crippen molar-refractivity contribution >= 4 is 0 Å². The van der Waals surface area contributed by atoms with Gasteiger partial charge >= 0.3 is 5.69 Å². The minimum atomic E-state index is -1.58. The molecule has 6 N–H and O–H groups in total. The zero-order chi connectivity index (χ0) is 15.6. The molecule has 1 aliphatic heterocycles. The van der Waals surface area contributed by atoms with Gasteiger partial charge in [0.05, 0.1) is 6.61 Å². The van der Waals surface area contributed by atoms with E-state index in [1.54, 1.807) is 0 Å². The highest BCUT2D eigenvalue weighted by Gasteiger charge is 2.55. The second kappa shape index (κ2) is 6.08. The number of nitrogens with zero attached hydrogens (tertiary/aromatic N) is 1. The summed E-state index contributed by atoms with van der Waals surface area (Å²) in [4.78, 5) is 25.2. The summed E-state index contributed by atoms with van der Waals surface area (Å²) in [6, 6.07) is 1.11. The summed E-state index contributed by atoms with van der Waals surface area (Å²) < 4.78 is 6.59. The summed E-state index contributed by atoms with van der Waals surface area (Å²) >= 11 is 0. The molecule has 0 saturated carbocycles. The van der Waals surface area contributed by atoms with E-state index in [0.717, 1.165) is 10.6 Å². The average molecular weight is 301 g/mol. The van der Waals surface area contributed by atoms with Crippen LogP contribution in [0.5, 0.6) is 0 Å². The molecular formula is C12H19N3O6. The third-order valence-corrected chi connectivity index (χ3v) is 3.67. The SMILES string of the molecule is NCCC[C@@]1(n2ccc(=O)[nH]c2=O)O[C@H](CO)[C@@H](O)[C@H]1O. The van der Waals surface area contributed by atoms with Crippen LogP contribution in [0, 0.1) is 0 Å². The molecule has 9 nitrogen and oxygen atoms in total. The van der Waals surface area contributed by atoms with Crippen LogP contribution in [0.25, 0.3) is 0 Å². The van der Waals surface area contributed by atoms with Crippen molar-refractivity contribution in [3.8, 4) is 0 Å². The van der Waals surface area contributed by atoms with Gasteiger partial charge in [-0.15, -0.1) is 0 Å². The molecule has 2 rings (SSSR count). The summed E-state index contributed by atoms with van der Waals surface area (Å²) in [5, 5.41) is 29.5. The maximum atomic E-state index is 12.0. The van der Waals surface area contributed by atoms with Crippen LogP contribution in [0.2, 0.25) is 0 Å². The van der Waals surface area contributed by atoms with Crippen molar-refractivity contribution in [2.45, 2.75) is 36.9 Å². The standard InChI is InChI=1S/C12H19N3O6/c13-4-1-3-12(10(19)9(18)7(6-16)21-12)15-5-2-8(17)14-11(15)20/h2,5,7,9-10,16,18-19H,1,3-4,6,13H2,(H,14,17,20)/t7-,9-,10-,12-/m1/s1. The number of hydrogen-bond acceptors (Lipinski definition) is 7. The first-order valence-electron chi connectivity index (χ1n) is 6.63. The predicted octanol–water partition coefficient (Wildman–Crippen LogP) is -2.96. The second-order valence-electron chi connectivity index (χ2n) is 4.99. The Kier molecular flexibility index (Phi) is 4.59. The van der Waals surface area contributed by atoms with Gasteiger partial charge in [0.1, 0.15) is 18.3 Å². The normalized spacial score (nSPS) is 32.5. The zero-order valence-electron chi connectivity index (χ0n) is 11.3. The number of aliphatic hydroxyl groups excluding tert-OH is 3. The molecule has 0 aromatic carbocycles. The van der Waals surface area contributed by atoms with Crippen LogP contribution in [0.3, 0.4) is 0 Å². The van der Waals surface area contributed by atoms with Crippen molar-refractivity contribution in [2.75, 3.05) is 13.2 Å². The fraction of sp³-hybridized carbons (Fsp3) is 0.667. The predicted molar refractivity (Wildman–Crippen MR) is 71.6 cm³/mol. The number of hydrogen-bond donors (Lipinski definition) is 5. The highest BCUT2D eigenvalue weighted by atomic mass is 16.6. The third kappa shape index (κ3) is 2.65. The van der Waals surface area contributed by atoms with Crippen LogP contribution in [0.4, 0.5) is 0 Å². The monoisotopic (exact) mass is 301 g/mol. The molecule has 0 radical (unpaired) electrons. The van der Waals surface area contributed by atoms with Gasteiger partial charge in [0.2, 0.25) is 0 Å². The van der Waals surface area contributed by atoms with Crippen molar-refractivity contribution in [3.63, 3.8) is 0 Å². The molecule has 4 atom stereocenters. The summed E-state index contributed by atoms with van der Waals surface area (Å²) in [5.74, 6) is 0. The van der Waals surface area contributed by atoms with Crippen molar-refractivity contribution < 1.29 is 20.1 Å². The first-order chi connectivity index (χ1) is 9.96. The molecule has 1 aromatic heterocycles. The number of rotatable bonds is 5. The molecule has 0 bridgehead atoms. The van der Waals surface area contributed by atoms with E-state index in [-0.39, 0.29) is 13.0 Å². The van der Waals surface area contributed by atoms with Crippen molar-refractivity contribution in [3.05, 3.63) is 33.1 Å². The summed E-state index contributed by atoms with van der Waals surface area (Å²) in [5.41, 5.74) is 2.52. The highest BCUT2D eigenvalue weighted by molar-refractivity contribution is 5.01. The van der Waals surface area contributed by atoms with E-state index < -0.39 is 41.9 Å². The summed E-state index contributed by atoms with van der Waals surface area (Å²) in [7, 11) is 0. The van der Waals surface area contributed by atoms with Gasteiger partial charge in [-0.25, -0.2) is 4.79 Å². The van der Waals surface area contributed by atoms with Crippen molar-refractivity contribution in [1.82, 2.24) is 9.55 Å². The molecule has 0 aliphatic carbocycles. The average Bonchev–Trinajstić information content (AvgIpc) is 2.70. The molecule has 0 unspecified atom stereocenters. The van der Waals surface area contributed by atoms with E-state index >= 15 is 0 Å². The lowest BCUT2D eigenvalue weighted by molar-refractivity contribution is -0.155. The van der Waals surface area contributed by atoms with Crippen molar-refractivity contribution in [1.29, 1.82) is 0 Å². The Balaban J connectivity index is 2.52. The fourth-order valence-corrected chi connectivity index (χ4v) is 2.61. The Labute approximate surface area is 119 Å². The van der Waals surface area contributed by atoms with E-state index in [1.165, 1.54) is 6.20 Å². The molecule has 1 aliphatic rings. The summed E-state index contributed by atoms with van der Waals surface area (Å²) in [6.07, 6.45) is -2.08. The number of aromatic amines is 1. The van der Waals surface area contributed by atoms with E-state index in [0.29, 0.717) is 6.42 Å². The first-order valence-corrected chi connectivity index (χ1v) is 6.63. The number of aromatic nitrogens is 2. The molecule has 2 heterocycles. The molecular weight excluding hydrogens is 282 g/mol. The molecule has 21 heavy (non-hydrogen) atoms. The Morgan fingerprint density at radius 1 is 1.43 bits per heavy atom. The van der Waals surface area contributed by atoms with Crippen LogP contribution in [-0.2, 0) is 10.5 Å². The van der Waals surface area contributed by atoms with Gasteiger partial charge < -0.3 is 25.8 Å². The molecule has 0 spiro atoms. The maximum absolute atomic E-state index is 12.0. The van der Waals surface area contributed by atoms with Crippen LogP contribution in [0.1, 0.15) is 12.8 Å². The lowest BCUT2D eigenvalue weighted by atomic mass is 9.97. The number of nitrogens with two attached hydrogens (primary N) is 1. The Hall–Kier alpha value is -1.52. The Morgan fingerprint density at radius 3 is 2.67 bits per heavy atom. The number of ether oxygens (including phenoxy) is 1. The van der Waals surface area contributed by atoms with Crippen LogP contribution in [0.15, 0.2) is 21.9 Å². The molecule has 118 valence electrons. The first kappa shape index (κ1) is 15.9. The van der Waals surface area contributed by atoms with Gasteiger partial charge in [-0.3, -0.25) is 14.3 Å². The van der Waals surface area contributed by atoms with E-state index in [2.05, 4.69) is 4.98 Å². The van der Waals surface area contributed by atoms with Crippen molar-refractivity contribution in [2.24, 2.45) is 5.73 Å². The van der Waals surface area contributed by atoms with Crippen LogP contribution < -0.4 is 17.0 Å². The van der Waals surface area contributed by atoms with Gasteiger partial charge in [0, 0.05) is 12.3 Å². The molecule has 0 amide bonds. The highest BCUT2D eigenvalue weighted by Crippen LogP contribution is 2.38. The topological polar surface area (TPSA) is 151 Å². The minimum absolute atomic E-state index is 0.143. The van der Waals surface area contributed by atoms with Gasteiger partial charge in [0.25, 0.3) is 5.56 Å². The smallest absolute Gasteiger partial charge is 0.330 e. The molecule has 1 saturated heterocycles. The minimum Gasteiger partial charge on any atom is -0.394 e. The van der Waals surface area contributed by atoms with Gasteiger partial charge in [0.15, 0.2) is 5.72 Å². The number of H-pyrrole nitrogens is 1. The number of nitrogens with one attached hydrogen (secondary N) is 1. The quantitative estimate of drug-likeness (QED) is 0.390. The number of aliphatic hydroxyl groups is 3. The van der Waals surface area contributed by atoms with Gasteiger partial charge in [-0.05, 0) is 19.4 Å². The van der Waals surface area contributed by atoms with Gasteiger partial charge in [-0.2, -0.15) is 0 Å². The van der Waals surface area contributed by atoms with Gasteiger partial charge in [-0.1, -0.05) is 0 Å². The second-order valence-corrected chi connectivity index (χ2v) is 4.99. The van der Waals surface area contributed by atoms with Crippen LogP contribution >= 0.6 is 0 Å². The molecule has 1 aromatic rings. The largest absolute Gasteiger partial charge is 0.394 e. The summed E-state index contributed by atoms with van der Waals surface area (Å²) in [6.45, 7) is -0.226. The van der Waals surface area contributed by atoms with Crippen LogP contribution in [-0.4, -0.2) is 56.3 Å². The lowest BCUT2D eigenvalue weighted by Gasteiger charge is -2.33. The van der Waals surface area contributed by atoms with E-state index in [4.69, 9.17) is 10.5 Å². The lowest BCUT2D eigenvalue weighted by Crippen LogP contribution is -2.51. The van der Waals surface area contributed by atoms with E-state index in [1.807, 2.05) is 0 Å². The molecule has 1 fully saturated rings. The maximum Gasteiger partial charge on any atom is 0.330 e. The molecule has 9 heteroatoms. The zero-order valence-corrected chi connectivity index (χ0v) is 11.3. The fourth-order valence-electron chi connectivity index (χ4n) is 2.61. The Bertz CT molecular complexity index is 599. The third-order valence-electron chi connectivity index (χ3n) is 3.67. The Morgan fingerprint density at radius 2 is 2.14 bits per heavy atom.